The topological polar surface area (TPSA) is 115 Å². The number of hydrogen-bond donors (Lipinski definition) is 3. The number of benzene rings is 1. The minimum absolute atomic E-state index is 0.0311. The second kappa shape index (κ2) is 10.6. The second-order valence-electron chi connectivity index (χ2n) is 13.2. The first-order chi connectivity index (χ1) is 19.6. The fourth-order valence-electron chi connectivity index (χ4n) is 9.49. The number of aliphatic hydroxyl groups is 2. The van der Waals surface area contributed by atoms with Gasteiger partial charge in [-0.05, 0) is 78.9 Å². The summed E-state index contributed by atoms with van der Waals surface area (Å²) in [5.41, 5.74) is -4.27. The van der Waals surface area contributed by atoms with E-state index in [1.807, 2.05) is 31.2 Å². The highest BCUT2D eigenvalue weighted by atomic mass is 35.5. The Kier molecular flexibility index (Phi) is 7.83. The van der Waals surface area contributed by atoms with Crippen LogP contribution in [0.5, 0.6) is 0 Å². The van der Waals surface area contributed by atoms with Gasteiger partial charge in [-0.25, -0.2) is 8.78 Å². The average Bonchev–Trinajstić information content (AvgIpc) is 3.39. The van der Waals surface area contributed by atoms with Gasteiger partial charge < -0.3 is 15.3 Å². The van der Waals surface area contributed by atoms with Gasteiger partial charge in [0, 0.05) is 42.9 Å². The molecule has 0 bridgehead atoms. The number of carboxylic acid groups (broad SMARTS) is 1. The average molecular weight is 606 g/mol. The Morgan fingerprint density at radius 1 is 1.14 bits per heavy atom. The summed E-state index contributed by atoms with van der Waals surface area (Å²) < 4.78 is 33.1. The number of ketones is 2. The van der Waals surface area contributed by atoms with Crippen molar-refractivity contribution in [1.82, 2.24) is 4.90 Å². The van der Waals surface area contributed by atoms with Crippen LogP contribution in [0.1, 0.15) is 45.6 Å². The molecular formula is C32H38ClF2NO6. The second-order valence-corrected chi connectivity index (χ2v) is 13.6. The molecule has 228 valence electrons. The van der Waals surface area contributed by atoms with Crippen LogP contribution in [0.4, 0.5) is 8.78 Å². The highest BCUT2D eigenvalue weighted by Crippen LogP contribution is 2.74. The zero-order valence-electron chi connectivity index (χ0n) is 24.0. The number of Topliss-reactive ketones (excluding diaryl/α,β-unsaturated/α-hetero) is 1. The molecule has 0 amide bonds. The molecule has 6 rings (SSSR count). The zero-order valence-corrected chi connectivity index (χ0v) is 24.8. The van der Waals surface area contributed by atoms with E-state index in [9.17, 15) is 19.8 Å². The summed E-state index contributed by atoms with van der Waals surface area (Å²) in [7, 11) is 0. The normalized spacial score (nSPS) is 42.0. The lowest BCUT2D eigenvalue weighted by Crippen LogP contribution is -2.69. The molecule has 42 heavy (non-hydrogen) atoms. The summed E-state index contributed by atoms with van der Waals surface area (Å²) in [6.45, 7) is 5.58. The number of alkyl halides is 2. The molecule has 3 saturated carbocycles. The molecule has 1 aromatic carbocycles. The standard InChI is InChI=1S/C30H34ClF2NO4.C2H4O2/c1-27-8-7-20(36)10-23(27)24(32)11-22-21-9-18-14-34(13-17-3-5-19(31)6-4-17)16-29(18,26(38)15-35)28(21,2)12-25(37)30(22,27)33;1-2(3)4/h3-8,10,18,21-22,24-25,35,37H,9,11-16H2,1-2H3;1H3,(H,3,4)/t18-,21-,22-,24-,25-,27-,28-,29-,30-;/m0./s1. The van der Waals surface area contributed by atoms with E-state index in [2.05, 4.69) is 4.90 Å². The lowest BCUT2D eigenvalue weighted by molar-refractivity contribution is -0.212. The molecule has 5 aliphatic rings. The Morgan fingerprint density at radius 3 is 2.40 bits per heavy atom. The van der Waals surface area contributed by atoms with Crippen molar-refractivity contribution in [1.29, 1.82) is 0 Å². The van der Waals surface area contributed by atoms with Crippen molar-refractivity contribution in [3.8, 4) is 0 Å². The smallest absolute Gasteiger partial charge is 0.300 e. The molecule has 7 nitrogen and oxygen atoms in total. The van der Waals surface area contributed by atoms with Gasteiger partial charge in [-0.3, -0.25) is 19.3 Å². The highest BCUT2D eigenvalue weighted by molar-refractivity contribution is 6.30. The van der Waals surface area contributed by atoms with Crippen molar-refractivity contribution in [2.45, 2.75) is 64.5 Å². The third-order valence-corrected chi connectivity index (χ3v) is 11.4. The summed E-state index contributed by atoms with van der Waals surface area (Å²) in [6, 6.07) is 7.54. The number of halogens is 3. The molecule has 10 heteroatoms. The van der Waals surface area contributed by atoms with Crippen LogP contribution in [0.15, 0.2) is 48.1 Å². The van der Waals surface area contributed by atoms with Gasteiger partial charge in [0.15, 0.2) is 17.2 Å². The Hall–Kier alpha value is -2.46. The molecule has 0 unspecified atom stereocenters. The molecular weight excluding hydrogens is 568 g/mol. The first-order valence-electron chi connectivity index (χ1n) is 14.4. The fraction of sp³-hybridized carbons (Fsp3) is 0.594. The first kappa shape index (κ1) is 31.0. The Labute approximate surface area is 249 Å². The van der Waals surface area contributed by atoms with Gasteiger partial charge in [-0.2, -0.15) is 0 Å². The SMILES string of the molecule is CC(=O)O.C[C@]12C=CC(=O)C=C1[C@@H](F)C[C@H]1[C@@H]3C[C@H]4CN(Cc5ccc(Cl)cc5)C[C@]4(C(=O)CO)[C@@]3(C)C[C@H](O)[C@@]12F. The van der Waals surface area contributed by atoms with Crippen LogP contribution < -0.4 is 0 Å². The molecule has 1 heterocycles. The lowest BCUT2D eigenvalue weighted by atomic mass is 9.43. The number of fused-ring (bicyclic) bond motifs is 7. The van der Waals surface area contributed by atoms with E-state index in [-0.39, 0.29) is 41.8 Å². The number of aliphatic carboxylic acids is 1. The van der Waals surface area contributed by atoms with Crippen LogP contribution in [0.2, 0.25) is 5.02 Å². The van der Waals surface area contributed by atoms with Crippen molar-refractivity contribution in [2.24, 2.45) is 34.0 Å². The van der Waals surface area contributed by atoms with Crippen molar-refractivity contribution < 1.29 is 38.5 Å². The van der Waals surface area contributed by atoms with Crippen molar-refractivity contribution in [3.63, 3.8) is 0 Å². The molecule has 0 radical (unpaired) electrons. The zero-order chi connectivity index (χ0) is 30.8. The van der Waals surface area contributed by atoms with Crippen LogP contribution in [0, 0.1) is 34.0 Å². The number of allylic oxidation sites excluding steroid dienone is 4. The van der Waals surface area contributed by atoms with Gasteiger partial charge in [0.1, 0.15) is 12.8 Å². The van der Waals surface area contributed by atoms with Crippen molar-refractivity contribution in [3.05, 3.63) is 58.7 Å². The third kappa shape index (κ3) is 4.33. The summed E-state index contributed by atoms with van der Waals surface area (Å²) in [5.74, 6) is -2.82. The van der Waals surface area contributed by atoms with Gasteiger partial charge in [-0.1, -0.05) is 36.7 Å². The number of carbonyl (C=O) groups is 3. The van der Waals surface area contributed by atoms with Crippen LogP contribution in [0.3, 0.4) is 0 Å². The first-order valence-corrected chi connectivity index (χ1v) is 14.8. The summed E-state index contributed by atoms with van der Waals surface area (Å²) in [5, 5.41) is 29.8. The van der Waals surface area contributed by atoms with Crippen LogP contribution in [0.25, 0.3) is 0 Å². The third-order valence-electron chi connectivity index (χ3n) is 11.2. The quantitative estimate of drug-likeness (QED) is 0.468. The number of carboxylic acids is 1. The number of carbonyl (C=O) groups excluding carboxylic acids is 2. The number of rotatable bonds is 4. The monoisotopic (exact) mass is 605 g/mol. The summed E-state index contributed by atoms with van der Waals surface area (Å²) >= 11 is 6.04. The molecule has 0 spiro atoms. The van der Waals surface area contributed by atoms with E-state index in [0.29, 0.717) is 31.1 Å². The minimum atomic E-state index is -2.17. The van der Waals surface area contributed by atoms with Gasteiger partial charge >= 0.3 is 0 Å². The van der Waals surface area contributed by atoms with E-state index in [0.717, 1.165) is 12.5 Å². The molecule has 3 N–H and O–H groups in total. The molecule has 1 aromatic rings. The van der Waals surface area contributed by atoms with E-state index in [1.54, 1.807) is 6.92 Å². The van der Waals surface area contributed by atoms with Gasteiger partial charge in [-0.15, -0.1) is 0 Å². The predicted molar refractivity (Wildman–Crippen MR) is 152 cm³/mol. The molecule has 4 fully saturated rings. The maximum absolute atomic E-state index is 17.4. The van der Waals surface area contributed by atoms with Crippen LogP contribution in [-0.4, -0.2) is 75.4 Å². The minimum Gasteiger partial charge on any atom is -0.481 e. The van der Waals surface area contributed by atoms with Gasteiger partial charge in [0.2, 0.25) is 0 Å². The van der Waals surface area contributed by atoms with Gasteiger partial charge in [0.05, 0.1) is 11.5 Å². The Bertz CT molecular complexity index is 1350. The maximum Gasteiger partial charge on any atom is 0.300 e. The molecule has 4 aliphatic carbocycles. The number of hydrogen-bond acceptors (Lipinski definition) is 6. The maximum atomic E-state index is 17.4. The number of aliphatic hydroxyl groups excluding tert-OH is 2. The molecule has 1 aliphatic heterocycles. The van der Waals surface area contributed by atoms with Crippen molar-refractivity contribution in [2.75, 3.05) is 19.7 Å². The predicted octanol–water partition coefficient (Wildman–Crippen LogP) is 4.34. The van der Waals surface area contributed by atoms with E-state index < -0.39 is 52.7 Å². The number of nitrogens with zero attached hydrogens (tertiary/aromatic N) is 1. The van der Waals surface area contributed by atoms with E-state index in [4.69, 9.17) is 21.5 Å². The Balaban J connectivity index is 0.000000830. The lowest BCUT2D eigenvalue weighted by Gasteiger charge is -2.63. The van der Waals surface area contributed by atoms with Crippen molar-refractivity contribution >= 4 is 29.1 Å². The van der Waals surface area contributed by atoms with Gasteiger partial charge in [0.25, 0.3) is 5.97 Å². The fourth-order valence-corrected chi connectivity index (χ4v) is 9.61. The van der Waals surface area contributed by atoms with E-state index >= 15 is 8.78 Å². The highest BCUT2D eigenvalue weighted by Gasteiger charge is 2.78. The molecule has 9 atom stereocenters. The molecule has 1 saturated heterocycles. The summed E-state index contributed by atoms with van der Waals surface area (Å²) in [4.78, 5) is 36.9. The number of likely N-dealkylation sites (tertiary alicyclic amines) is 1. The largest absolute Gasteiger partial charge is 0.481 e. The van der Waals surface area contributed by atoms with E-state index in [1.165, 1.54) is 18.2 Å². The van der Waals surface area contributed by atoms with Crippen LogP contribution in [-0.2, 0) is 20.9 Å². The summed E-state index contributed by atoms with van der Waals surface area (Å²) in [6.07, 6.45) is 1.35. The molecule has 0 aromatic heterocycles. The van der Waals surface area contributed by atoms with Crippen LogP contribution >= 0.6 is 11.6 Å². The Morgan fingerprint density at radius 2 is 1.79 bits per heavy atom.